The number of ether oxygens (including phenoxy) is 1. The number of hydrogen-bond donors (Lipinski definition) is 0. The summed E-state index contributed by atoms with van der Waals surface area (Å²) in [5, 5.41) is -0.403. The highest BCUT2D eigenvalue weighted by Gasteiger charge is 2.25. The van der Waals surface area contributed by atoms with Crippen molar-refractivity contribution in [3.8, 4) is 0 Å². The van der Waals surface area contributed by atoms with E-state index in [1.54, 1.807) is 20.8 Å². The first-order valence-corrected chi connectivity index (χ1v) is 7.77. The summed E-state index contributed by atoms with van der Waals surface area (Å²) in [6.07, 6.45) is 0. The van der Waals surface area contributed by atoms with E-state index in [1.165, 1.54) is 0 Å². The van der Waals surface area contributed by atoms with Gasteiger partial charge >= 0.3 is 5.97 Å². The molecule has 0 heterocycles. The highest BCUT2D eigenvalue weighted by Crippen LogP contribution is 2.28. The van der Waals surface area contributed by atoms with Crippen LogP contribution in [0, 0.1) is 5.82 Å². The van der Waals surface area contributed by atoms with E-state index in [4.69, 9.17) is 27.0 Å². The van der Waals surface area contributed by atoms with Gasteiger partial charge in [0.1, 0.15) is 16.3 Å². The van der Waals surface area contributed by atoms with E-state index < -0.39 is 41.9 Å². The Balaban J connectivity index is 3.34. The fourth-order valence-electron chi connectivity index (χ4n) is 1.21. The van der Waals surface area contributed by atoms with Crippen molar-refractivity contribution in [1.82, 2.24) is 0 Å². The molecule has 0 aliphatic carbocycles. The van der Waals surface area contributed by atoms with Crippen molar-refractivity contribution in [2.45, 2.75) is 31.3 Å². The van der Waals surface area contributed by atoms with Crippen molar-refractivity contribution in [2.24, 2.45) is 0 Å². The third-order valence-electron chi connectivity index (χ3n) is 1.90. The van der Waals surface area contributed by atoms with Gasteiger partial charge in [0.05, 0.1) is 10.6 Å². The highest BCUT2D eigenvalue weighted by molar-refractivity contribution is 8.13. The van der Waals surface area contributed by atoms with Crippen LogP contribution in [0.2, 0.25) is 5.02 Å². The maximum absolute atomic E-state index is 13.6. The summed E-state index contributed by atoms with van der Waals surface area (Å²) in [7, 11) is 0.955. The summed E-state index contributed by atoms with van der Waals surface area (Å²) in [5.41, 5.74) is -1.39. The van der Waals surface area contributed by atoms with Gasteiger partial charge in [-0.05, 0) is 32.9 Å². The molecule has 0 spiro atoms. The lowest BCUT2D eigenvalue weighted by molar-refractivity contribution is 0.00644. The van der Waals surface area contributed by atoms with Gasteiger partial charge in [0.25, 0.3) is 9.05 Å². The van der Waals surface area contributed by atoms with E-state index in [-0.39, 0.29) is 0 Å². The molecule has 106 valence electrons. The fourth-order valence-corrected chi connectivity index (χ4v) is 2.71. The van der Waals surface area contributed by atoms with Crippen molar-refractivity contribution in [3.05, 3.63) is 28.5 Å². The minimum Gasteiger partial charge on any atom is -0.456 e. The predicted octanol–water partition coefficient (Wildman–Crippen LogP) is 3.36. The number of halogens is 3. The smallest absolute Gasteiger partial charge is 0.341 e. The summed E-state index contributed by atoms with van der Waals surface area (Å²) in [6.45, 7) is 4.79. The van der Waals surface area contributed by atoms with Crippen LogP contribution in [0.4, 0.5) is 4.39 Å². The van der Waals surface area contributed by atoms with Crippen molar-refractivity contribution >= 4 is 37.3 Å². The number of esters is 1. The first-order valence-electron chi connectivity index (χ1n) is 5.09. The molecule has 0 N–H and O–H groups in total. The molecule has 0 saturated carbocycles. The van der Waals surface area contributed by atoms with E-state index in [1.807, 2.05) is 0 Å². The van der Waals surface area contributed by atoms with Crippen LogP contribution in [-0.2, 0) is 13.8 Å². The van der Waals surface area contributed by atoms with Crippen molar-refractivity contribution in [1.29, 1.82) is 0 Å². The first kappa shape index (κ1) is 16.2. The molecule has 1 rings (SSSR count). The van der Waals surface area contributed by atoms with E-state index in [9.17, 15) is 17.6 Å². The normalized spacial score (nSPS) is 12.3. The van der Waals surface area contributed by atoms with Crippen LogP contribution in [0.25, 0.3) is 0 Å². The number of rotatable bonds is 2. The third-order valence-corrected chi connectivity index (χ3v) is 3.69. The Morgan fingerprint density at radius 3 is 2.26 bits per heavy atom. The summed E-state index contributed by atoms with van der Waals surface area (Å²) in [4.78, 5) is 11.2. The van der Waals surface area contributed by atoms with Crippen molar-refractivity contribution < 1.29 is 22.3 Å². The number of carbonyl (C=O) groups excluding carboxylic acids is 1. The Morgan fingerprint density at radius 1 is 1.32 bits per heavy atom. The molecule has 0 unspecified atom stereocenters. The lowest BCUT2D eigenvalue weighted by Crippen LogP contribution is -2.24. The highest BCUT2D eigenvalue weighted by atomic mass is 35.7. The number of carbonyl (C=O) groups is 1. The molecule has 19 heavy (non-hydrogen) atoms. The molecule has 0 aliphatic rings. The molecule has 0 atom stereocenters. The summed E-state index contributed by atoms with van der Waals surface area (Å²) >= 11 is 5.57. The second kappa shape index (κ2) is 5.26. The van der Waals surface area contributed by atoms with Gasteiger partial charge in [0, 0.05) is 10.7 Å². The summed E-state index contributed by atoms with van der Waals surface area (Å²) in [6, 6.07) is 1.46. The van der Waals surface area contributed by atoms with Gasteiger partial charge in [-0.3, -0.25) is 0 Å². The SMILES string of the molecule is CC(C)(C)OC(=O)c1cc(S(=O)(=O)Cl)c(Cl)cc1F. The van der Waals surface area contributed by atoms with Crippen molar-refractivity contribution in [2.75, 3.05) is 0 Å². The van der Waals surface area contributed by atoms with Crippen LogP contribution >= 0.6 is 22.3 Å². The molecule has 0 radical (unpaired) electrons. The molecule has 0 fully saturated rings. The Bertz CT molecular complexity index is 620. The summed E-state index contributed by atoms with van der Waals surface area (Å²) in [5.74, 6) is -1.98. The van der Waals surface area contributed by atoms with Crippen LogP contribution in [0.3, 0.4) is 0 Å². The molecule has 0 amide bonds. The zero-order valence-corrected chi connectivity index (χ0v) is 12.7. The van der Waals surface area contributed by atoms with E-state index in [0.717, 1.165) is 6.07 Å². The van der Waals surface area contributed by atoms with Crippen LogP contribution < -0.4 is 0 Å². The molecular weight excluding hydrogens is 318 g/mol. The van der Waals surface area contributed by atoms with Gasteiger partial charge in [0.2, 0.25) is 0 Å². The molecule has 4 nitrogen and oxygen atoms in total. The van der Waals surface area contributed by atoms with Gasteiger partial charge in [-0.15, -0.1) is 0 Å². The minimum atomic E-state index is -4.18. The second-order valence-corrected chi connectivity index (χ2v) is 7.64. The molecular formula is C11H11Cl2FO4S. The lowest BCUT2D eigenvalue weighted by atomic mass is 10.1. The quantitative estimate of drug-likeness (QED) is 0.617. The Morgan fingerprint density at radius 2 is 1.84 bits per heavy atom. The standard InChI is InChI=1S/C11H11Cl2FO4S/c1-11(2,3)18-10(15)6-4-9(19(13,16)17)7(12)5-8(6)14/h4-5H,1-3H3. The van der Waals surface area contributed by atoms with Crippen LogP contribution in [-0.4, -0.2) is 20.0 Å². The monoisotopic (exact) mass is 328 g/mol. The summed E-state index contributed by atoms with van der Waals surface area (Å²) < 4.78 is 41.0. The second-order valence-electron chi connectivity index (χ2n) is 4.70. The third kappa shape index (κ3) is 4.33. The van der Waals surface area contributed by atoms with Gasteiger partial charge < -0.3 is 4.74 Å². The topological polar surface area (TPSA) is 60.4 Å². The van der Waals surface area contributed by atoms with E-state index in [0.29, 0.717) is 6.07 Å². The maximum Gasteiger partial charge on any atom is 0.341 e. The van der Waals surface area contributed by atoms with E-state index >= 15 is 0 Å². The van der Waals surface area contributed by atoms with Gasteiger partial charge in [-0.25, -0.2) is 17.6 Å². The van der Waals surface area contributed by atoms with Crippen LogP contribution in [0.5, 0.6) is 0 Å². The van der Waals surface area contributed by atoms with Crippen LogP contribution in [0.15, 0.2) is 17.0 Å². The molecule has 0 aliphatic heterocycles. The maximum atomic E-state index is 13.6. The first-order chi connectivity index (χ1) is 8.42. The largest absolute Gasteiger partial charge is 0.456 e. The molecule has 1 aromatic carbocycles. The van der Waals surface area contributed by atoms with E-state index in [2.05, 4.69) is 0 Å². The zero-order chi connectivity index (χ0) is 15.0. The molecule has 8 heteroatoms. The van der Waals surface area contributed by atoms with Gasteiger partial charge in [-0.2, -0.15) is 0 Å². The minimum absolute atomic E-state index is 0.403. The Kier molecular flexibility index (Phi) is 4.49. The van der Waals surface area contributed by atoms with Crippen LogP contribution in [0.1, 0.15) is 31.1 Å². The van der Waals surface area contributed by atoms with Gasteiger partial charge in [-0.1, -0.05) is 11.6 Å². The lowest BCUT2D eigenvalue weighted by Gasteiger charge is -2.19. The average molecular weight is 329 g/mol. The molecule has 1 aromatic rings. The number of benzene rings is 1. The Labute approximate surface area is 119 Å². The number of hydrogen-bond acceptors (Lipinski definition) is 4. The Hall–Kier alpha value is -0.850. The predicted molar refractivity (Wildman–Crippen MR) is 69.6 cm³/mol. The molecule has 0 bridgehead atoms. The van der Waals surface area contributed by atoms with Gasteiger partial charge in [0.15, 0.2) is 0 Å². The van der Waals surface area contributed by atoms with Crippen molar-refractivity contribution in [3.63, 3.8) is 0 Å². The molecule has 0 aromatic heterocycles. The average Bonchev–Trinajstić information content (AvgIpc) is 2.11. The fraction of sp³-hybridized carbons (Fsp3) is 0.364. The zero-order valence-electron chi connectivity index (χ0n) is 10.3. The molecule has 0 saturated heterocycles.